The van der Waals surface area contributed by atoms with Gasteiger partial charge in [0.15, 0.2) is 5.76 Å². The quantitative estimate of drug-likeness (QED) is 0.408. The van der Waals surface area contributed by atoms with Gasteiger partial charge in [0.2, 0.25) is 0 Å². The summed E-state index contributed by atoms with van der Waals surface area (Å²) in [5, 5.41) is 4.82. The average Bonchev–Trinajstić information content (AvgIpc) is 3.33. The maximum atomic E-state index is 13.4. The Kier molecular flexibility index (Phi) is 3.72. The highest BCUT2D eigenvalue weighted by molar-refractivity contribution is 6.08. The fourth-order valence-corrected chi connectivity index (χ4v) is 3.25. The summed E-state index contributed by atoms with van der Waals surface area (Å²) in [6, 6.07) is 22.5. The van der Waals surface area contributed by atoms with Gasteiger partial charge in [-0.3, -0.25) is 4.79 Å². The zero-order chi connectivity index (χ0) is 19.1. The van der Waals surface area contributed by atoms with Gasteiger partial charge < -0.3 is 14.2 Å². The van der Waals surface area contributed by atoms with E-state index in [4.69, 9.17) is 8.83 Å². The zero-order valence-corrected chi connectivity index (χ0v) is 14.6. The van der Waals surface area contributed by atoms with Crippen LogP contribution in [0.5, 0.6) is 0 Å². The summed E-state index contributed by atoms with van der Waals surface area (Å²) in [6.45, 7) is 0. The molecule has 5 aromatic rings. The molecule has 1 N–H and O–H groups in total. The second-order valence-electron chi connectivity index (χ2n) is 6.44. The molecule has 0 spiro atoms. The van der Waals surface area contributed by atoms with Crippen LogP contribution in [0.4, 0.5) is 10.1 Å². The molecule has 0 atom stereocenters. The van der Waals surface area contributed by atoms with Gasteiger partial charge in [0, 0.05) is 28.1 Å². The lowest BCUT2D eigenvalue weighted by molar-refractivity contribution is 0.0997. The van der Waals surface area contributed by atoms with E-state index in [-0.39, 0.29) is 11.6 Å². The normalized spacial score (nSPS) is 11.2. The number of furan rings is 2. The standard InChI is InChI=1S/C23H14FNO3/c24-15-5-3-4-14(12-15)19-10-11-21(27-19)23(26)25-16-8-9-18-17-6-1-2-7-20(17)28-22(18)13-16/h1-13H,(H,25,26). The predicted octanol–water partition coefficient (Wildman–Crippen LogP) is 6.24. The summed E-state index contributed by atoms with van der Waals surface area (Å²) >= 11 is 0. The molecule has 2 heterocycles. The average molecular weight is 371 g/mol. The van der Waals surface area contributed by atoms with Crippen molar-refractivity contribution in [2.24, 2.45) is 0 Å². The van der Waals surface area contributed by atoms with Crippen molar-refractivity contribution in [2.75, 3.05) is 5.32 Å². The molecule has 0 fully saturated rings. The van der Waals surface area contributed by atoms with Gasteiger partial charge in [0.05, 0.1) is 0 Å². The number of hydrogen-bond donors (Lipinski definition) is 1. The smallest absolute Gasteiger partial charge is 0.291 e. The van der Waals surface area contributed by atoms with Gasteiger partial charge in [-0.1, -0.05) is 30.3 Å². The predicted molar refractivity (Wildman–Crippen MR) is 106 cm³/mol. The first-order valence-electron chi connectivity index (χ1n) is 8.76. The van der Waals surface area contributed by atoms with Crippen molar-refractivity contribution in [3.63, 3.8) is 0 Å². The van der Waals surface area contributed by atoms with Crippen LogP contribution in [-0.4, -0.2) is 5.91 Å². The highest BCUT2D eigenvalue weighted by Crippen LogP contribution is 2.30. The van der Waals surface area contributed by atoms with E-state index in [1.54, 1.807) is 30.3 Å². The molecule has 0 saturated carbocycles. The molecule has 1 amide bonds. The van der Waals surface area contributed by atoms with E-state index in [9.17, 15) is 9.18 Å². The monoisotopic (exact) mass is 371 g/mol. The van der Waals surface area contributed by atoms with E-state index in [0.717, 1.165) is 16.4 Å². The van der Waals surface area contributed by atoms with Crippen LogP contribution in [0, 0.1) is 5.82 Å². The van der Waals surface area contributed by atoms with Gasteiger partial charge in [0.25, 0.3) is 5.91 Å². The highest BCUT2D eigenvalue weighted by Gasteiger charge is 2.14. The van der Waals surface area contributed by atoms with Crippen LogP contribution in [-0.2, 0) is 0 Å². The molecule has 0 unspecified atom stereocenters. The molecule has 5 rings (SSSR count). The lowest BCUT2D eigenvalue weighted by Gasteiger charge is -2.03. The van der Waals surface area contributed by atoms with Crippen molar-refractivity contribution in [2.45, 2.75) is 0 Å². The summed E-state index contributed by atoms with van der Waals surface area (Å²) in [5.41, 5.74) is 2.66. The second kappa shape index (κ2) is 6.39. The van der Waals surface area contributed by atoms with Gasteiger partial charge in [-0.25, -0.2) is 4.39 Å². The fraction of sp³-hybridized carbons (Fsp3) is 0. The molecule has 28 heavy (non-hydrogen) atoms. The number of anilines is 1. The van der Waals surface area contributed by atoms with E-state index in [1.807, 2.05) is 36.4 Å². The molecule has 0 aliphatic heterocycles. The van der Waals surface area contributed by atoms with Crippen LogP contribution in [0.1, 0.15) is 10.6 Å². The highest BCUT2D eigenvalue weighted by atomic mass is 19.1. The lowest BCUT2D eigenvalue weighted by Crippen LogP contribution is -2.10. The maximum Gasteiger partial charge on any atom is 0.291 e. The Labute approximate surface area is 159 Å². The zero-order valence-electron chi connectivity index (χ0n) is 14.6. The summed E-state index contributed by atoms with van der Waals surface area (Å²) in [7, 11) is 0. The number of amides is 1. The molecule has 4 nitrogen and oxygen atoms in total. The number of halogens is 1. The van der Waals surface area contributed by atoms with Crippen LogP contribution in [0.15, 0.2) is 87.7 Å². The lowest BCUT2D eigenvalue weighted by atomic mass is 10.1. The third-order valence-corrected chi connectivity index (χ3v) is 4.58. The minimum Gasteiger partial charge on any atom is -0.456 e. The summed E-state index contributed by atoms with van der Waals surface area (Å²) in [5.74, 6) is -0.182. The third-order valence-electron chi connectivity index (χ3n) is 4.58. The van der Waals surface area contributed by atoms with Gasteiger partial charge >= 0.3 is 0 Å². The Morgan fingerprint density at radius 3 is 2.54 bits per heavy atom. The molecular formula is C23H14FNO3. The third kappa shape index (κ3) is 2.83. The Balaban J connectivity index is 1.41. The maximum absolute atomic E-state index is 13.4. The van der Waals surface area contributed by atoms with Crippen molar-refractivity contribution in [1.82, 2.24) is 0 Å². The van der Waals surface area contributed by atoms with Crippen molar-refractivity contribution in [1.29, 1.82) is 0 Å². The molecule has 3 aromatic carbocycles. The largest absolute Gasteiger partial charge is 0.456 e. The van der Waals surface area contributed by atoms with E-state index < -0.39 is 5.91 Å². The minimum atomic E-state index is -0.391. The van der Waals surface area contributed by atoms with Crippen LogP contribution >= 0.6 is 0 Å². The Hall–Kier alpha value is -3.86. The van der Waals surface area contributed by atoms with Gasteiger partial charge in [-0.2, -0.15) is 0 Å². The van der Waals surface area contributed by atoms with Gasteiger partial charge in [-0.05, 0) is 42.5 Å². The van der Waals surface area contributed by atoms with Crippen molar-refractivity contribution < 1.29 is 18.0 Å². The molecule has 0 aliphatic rings. The molecule has 0 bridgehead atoms. The van der Waals surface area contributed by atoms with E-state index in [0.29, 0.717) is 22.6 Å². The topological polar surface area (TPSA) is 55.4 Å². The number of nitrogens with one attached hydrogen (secondary N) is 1. The van der Waals surface area contributed by atoms with Gasteiger partial charge in [-0.15, -0.1) is 0 Å². The van der Waals surface area contributed by atoms with E-state index in [1.165, 1.54) is 12.1 Å². The Bertz CT molecular complexity index is 1330. The summed E-state index contributed by atoms with van der Waals surface area (Å²) in [6.07, 6.45) is 0. The molecule has 136 valence electrons. The van der Waals surface area contributed by atoms with Crippen LogP contribution < -0.4 is 5.32 Å². The second-order valence-corrected chi connectivity index (χ2v) is 6.44. The van der Waals surface area contributed by atoms with Crippen LogP contribution in [0.3, 0.4) is 0 Å². The number of rotatable bonds is 3. The molecule has 0 saturated heterocycles. The number of carbonyl (C=O) groups is 1. The van der Waals surface area contributed by atoms with Gasteiger partial charge in [0.1, 0.15) is 22.7 Å². The molecule has 5 heteroatoms. The molecule has 0 aliphatic carbocycles. The summed E-state index contributed by atoms with van der Waals surface area (Å²) < 4.78 is 24.8. The molecular weight excluding hydrogens is 357 g/mol. The SMILES string of the molecule is O=C(Nc1ccc2c(c1)oc1ccccc12)c1ccc(-c2cccc(F)c2)o1. The number of benzene rings is 3. The Morgan fingerprint density at radius 1 is 0.786 bits per heavy atom. The number of hydrogen-bond acceptors (Lipinski definition) is 3. The van der Waals surface area contributed by atoms with Crippen molar-refractivity contribution >= 4 is 33.5 Å². The number of carbonyl (C=O) groups excluding carboxylic acids is 1. The summed E-state index contributed by atoms with van der Waals surface area (Å²) in [4.78, 5) is 12.5. The van der Waals surface area contributed by atoms with Crippen molar-refractivity contribution in [3.05, 3.63) is 90.4 Å². The van der Waals surface area contributed by atoms with Crippen LogP contribution in [0.25, 0.3) is 33.3 Å². The van der Waals surface area contributed by atoms with Crippen LogP contribution in [0.2, 0.25) is 0 Å². The van der Waals surface area contributed by atoms with E-state index >= 15 is 0 Å². The fourth-order valence-electron chi connectivity index (χ4n) is 3.25. The first-order chi connectivity index (χ1) is 13.7. The molecule has 0 radical (unpaired) electrons. The van der Waals surface area contributed by atoms with Crippen molar-refractivity contribution in [3.8, 4) is 11.3 Å². The number of para-hydroxylation sites is 1. The number of fused-ring (bicyclic) bond motifs is 3. The molecule has 2 aromatic heterocycles. The van der Waals surface area contributed by atoms with E-state index in [2.05, 4.69) is 5.32 Å². The Morgan fingerprint density at radius 2 is 1.64 bits per heavy atom. The first-order valence-corrected chi connectivity index (χ1v) is 8.76. The first kappa shape index (κ1) is 16.3. The minimum absolute atomic E-state index is 0.143.